The van der Waals surface area contributed by atoms with Crippen molar-refractivity contribution in [1.29, 1.82) is 0 Å². The molecule has 2 fully saturated rings. The molecule has 0 radical (unpaired) electrons. The zero-order valence-corrected chi connectivity index (χ0v) is 15.1. The maximum Gasteiger partial charge on any atom is 0.0252 e. The van der Waals surface area contributed by atoms with Crippen molar-refractivity contribution in [1.82, 2.24) is 10.2 Å². The number of likely N-dealkylation sites (N-methyl/N-ethyl adjacent to an activating group) is 1. The van der Waals surface area contributed by atoms with E-state index in [9.17, 15) is 0 Å². The van der Waals surface area contributed by atoms with Gasteiger partial charge in [0.2, 0.25) is 0 Å². The van der Waals surface area contributed by atoms with Gasteiger partial charge in [0.1, 0.15) is 0 Å². The standard InChI is InChI=1S/C19H38N2/c1-6-19(7-2)11-12-21(14-19)18-13-16(15(4)5)9-10-17(18)20-8-3/h15-18,20H,6-14H2,1-5H3. The molecule has 2 rings (SSSR count). The third-order valence-corrected chi connectivity index (χ3v) is 6.70. The molecule has 124 valence electrons. The lowest BCUT2D eigenvalue weighted by Crippen LogP contribution is -2.53. The third-order valence-electron chi connectivity index (χ3n) is 6.70. The number of likely N-dealkylation sites (tertiary alicyclic amines) is 1. The minimum atomic E-state index is 0.613. The van der Waals surface area contributed by atoms with Gasteiger partial charge in [-0.05, 0) is 68.9 Å². The molecule has 0 spiro atoms. The fourth-order valence-corrected chi connectivity index (χ4v) is 4.77. The monoisotopic (exact) mass is 294 g/mol. The van der Waals surface area contributed by atoms with E-state index in [-0.39, 0.29) is 0 Å². The summed E-state index contributed by atoms with van der Waals surface area (Å²) in [6.45, 7) is 15.7. The zero-order valence-electron chi connectivity index (χ0n) is 15.1. The summed E-state index contributed by atoms with van der Waals surface area (Å²) in [7, 11) is 0. The van der Waals surface area contributed by atoms with Crippen molar-refractivity contribution in [3.05, 3.63) is 0 Å². The average molecular weight is 295 g/mol. The van der Waals surface area contributed by atoms with E-state index in [4.69, 9.17) is 0 Å². The molecule has 0 bridgehead atoms. The molecule has 0 amide bonds. The minimum absolute atomic E-state index is 0.613. The second-order valence-corrected chi connectivity index (χ2v) is 7.98. The molecule has 1 saturated heterocycles. The van der Waals surface area contributed by atoms with Gasteiger partial charge in [0, 0.05) is 18.6 Å². The summed E-state index contributed by atoms with van der Waals surface area (Å²) in [6.07, 6.45) is 8.34. The normalized spacial score (nSPS) is 33.7. The first-order valence-corrected chi connectivity index (χ1v) is 9.52. The Hall–Kier alpha value is -0.0800. The SMILES string of the molecule is CCNC1CCC(C(C)C)CC1N1CCC(CC)(CC)C1. The number of nitrogens with zero attached hydrogens (tertiary/aromatic N) is 1. The topological polar surface area (TPSA) is 15.3 Å². The van der Waals surface area contributed by atoms with E-state index in [1.807, 2.05) is 0 Å². The van der Waals surface area contributed by atoms with Crippen LogP contribution in [0.25, 0.3) is 0 Å². The molecule has 1 aliphatic carbocycles. The molecule has 0 aromatic carbocycles. The molecule has 0 aromatic heterocycles. The van der Waals surface area contributed by atoms with Crippen molar-refractivity contribution >= 4 is 0 Å². The summed E-state index contributed by atoms with van der Waals surface area (Å²) in [6, 6.07) is 1.51. The summed E-state index contributed by atoms with van der Waals surface area (Å²) in [4.78, 5) is 2.86. The number of nitrogens with one attached hydrogen (secondary N) is 1. The van der Waals surface area contributed by atoms with Gasteiger partial charge in [0.25, 0.3) is 0 Å². The van der Waals surface area contributed by atoms with Crippen LogP contribution in [0.2, 0.25) is 0 Å². The van der Waals surface area contributed by atoms with Crippen molar-refractivity contribution in [2.75, 3.05) is 19.6 Å². The fourth-order valence-electron chi connectivity index (χ4n) is 4.77. The summed E-state index contributed by atoms with van der Waals surface area (Å²) in [5, 5.41) is 3.79. The van der Waals surface area contributed by atoms with E-state index < -0.39 is 0 Å². The highest BCUT2D eigenvalue weighted by Gasteiger charge is 2.42. The van der Waals surface area contributed by atoms with Gasteiger partial charge in [-0.3, -0.25) is 4.90 Å². The first-order valence-electron chi connectivity index (χ1n) is 9.52. The lowest BCUT2D eigenvalue weighted by molar-refractivity contribution is 0.0898. The van der Waals surface area contributed by atoms with Crippen molar-refractivity contribution in [2.45, 2.75) is 85.2 Å². The first kappa shape index (κ1) is 17.3. The Kier molecular flexibility index (Phi) is 6.14. The van der Waals surface area contributed by atoms with Gasteiger partial charge in [-0.2, -0.15) is 0 Å². The molecular formula is C19H38N2. The Bertz CT molecular complexity index is 309. The van der Waals surface area contributed by atoms with E-state index in [2.05, 4.69) is 44.8 Å². The molecule has 2 aliphatic rings. The van der Waals surface area contributed by atoms with E-state index in [0.29, 0.717) is 5.41 Å². The lowest BCUT2D eigenvalue weighted by Gasteiger charge is -2.43. The molecule has 2 heteroatoms. The van der Waals surface area contributed by atoms with Crippen LogP contribution < -0.4 is 5.32 Å². The van der Waals surface area contributed by atoms with Crippen molar-refractivity contribution in [2.24, 2.45) is 17.3 Å². The van der Waals surface area contributed by atoms with Gasteiger partial charge in [0.15, 0.2) is 0 Å². The Labute approximate surface area is 133 Å². The Balaban J connectivity index is 2.06. The molecule has 1 aliphatic heterocycles. The van der Waals surface area contributed by atoms with Gasteiger partial charge in [-0.15, -0.1) is 0 Å². The van der Waals surface area contributed by atoms with Crippen LogP contribution >= 0.6 is 0 Å². The van der Waals surface area contributed by atoms with Crippen LogP contribution in [0.1, 0.15) is 73.1 Å². The van der Waals surface area contributed by atoms with Gasteiger partial charge in [-0.25, -0.2) is 0 Å². The molecule has 0 aromatic rings. The van der Waals surface area contributed by atoms with Crippen LogP contribution in [0.3, 0.4) is 0 Å². The van der Waals surface area contributed by atoms with E-state index in [1.165, 1.54) is 51.6 Å². The Morgan fingerprint density at radius 2 is 1.86 bits per heavy atom. The predicted molar refractivity (Wildman–Crippen MR) is 92.6 cm³/mol. The molecule has 2 nitrogen and oxygen atoms in total. The molecule has 1 N–H and O–H groups in total. The smallest absolute Gasteiger partial charge is 0.0252 e. The first-order chi connectivity index (χ1) is 10.0. The van der Waals surface area contributed by atoms with Crippen LogP contribution in [-0.2, 0) is 0 Å². The summed E-state index contributed by atoms with van der Waals surface area (Å²) < 4.78 is 0. The van der Waals surface area contributed by atoms with Gasteiger partial charge < -0.3 is 5.32 Å². The maximum atomic E-state index is 3.79. The second-order valence-electron chi connectivity index (χ2n) is 7.98. The Morgan fingerprint density at radius 3 is 2.38 bits per heavy atom. The maximum absolute atomic E-state index is 3.79. The third kappa shape index (κ3) is 3.82. The quantitative estimate of drug-likeness (QED) is 0.785. The van der Waals surface area contributed by atoms with Gasteiger partial charge >= 0.3 is 0 Å². The Morgan fingerprint density at radius 1 is 1.14 bits per heavy atom. The van der Waals surface area contributed by atoms with Crippen molar-refractivity contribution in [3.8, 4) is 0 Å². The van der Waals surface area contributed by atoms with Crippen LogP contribution in [0.5, 0.6) is 0 Å². The van der Waals surface area contributed by atoms with Gasteiger partial charge in [0.05, 0.1) is 0 Å². The summed E-state index contributed by atoms with van der Waals surface area (Å²) >= 11 is 0. The molecule has 3 unspecified atom stereocenters. The highest BCUT2D eigenvalue weighted by Crippen LogP contribution is 2.41. The second kappa shape index (κ2) is 7.46. The number of rotatable bonds is 6. The highest BCUT2D eigenvalue weighted by atomic mass is 15.2. The molecular weight excluding hydrogens is 256 g/mol. The van der Waals surface area contributed by atoms with Gasteiger partial charge in [-0.1, -0.05) is 34.6 Å². The number of hydrogen-bond acceptors (Lipinski definition) is 2. The van der Waals surface area contributed by atoms with Crippen LogP contribution in [0, 0.1) is 17.3 Å². The van der Waals surface area contributed by atoms with E-state index >= 15 is 0 Å². The van der Waals surface area contributed by atoms with Crippen LogP contribution in [-0.4, -0.2) is 36.6 Å². The largest absolute Gasteiger partial charge is 0.313 e. The molecule has 21 heavy (non-hydrogen) atoms. The van der Waals surface area contributed by atoms with Crippen LogP contribution in [0.15, 0.2) is 0 Å². The fraction of sp³-hybridized carbons (Fsp3) is 1.00. The summed E-state index contributed by atoms with van der Waals surface area (Å²) in [5.74, 6) is 1.78. The molecule has 1 heterocycles. The highest BCUT2D eigenvalue weighted by molar-refractivity contribution is 4.97. The van der Waals surface area contributed by atoms with Crippen molar-refractivity contribution < 1.29 is 0 Å². The molecule has 1 saturated carbocycles. The minimum Gasteiger partial charge on any atom is -0.313 e. The van der Waals surface area contributed by atoms with Crippen molar-refractivity contribution in [3.63, 3.8) is 0 Å². The average Bonchev–Trinajstić information content (AvgIpc) is 2.93. The lowest BCUT2D eigenvalue weighted by atomic mass is 9.76. The predicted octanol–water partition coefficient (Wildman–Crippen LogP) is 4.30. The summed E-state index contributed by atoms with van der Waals surface area (Å²) in [5.41, 5.74) is 0.613. The molecule has 3 atom stereocenters. The van der Waals surface area contributed by atoms with E-state index in [0.717, 1.165) is 30.5 Å². The number of hydrogen-bond donors (Lipinski definition) is 1. The zero-order chi connectivity index (χ0) is 15.5. The van der Waals surface area contributed by atoms with Crippen LogP contribution in [0.4, 0.5) is 0 Å². The van der Waals surface area contributed by atoms with E-state index in [1.54, 1.807) is 0 Å².